The first-order chi connectivity index (χ1) is 12.5. The van der Waals surface area contributed by atoms with E-state index in [1.807, 2.05) is 6.92 Å². The van der Waals surface area contributed by atoms with Crippen LogP contribution in [0.2, 0.25) is 5.02 Å². The van der Waals surface area contributed by atoms with Crippen molar-refractivity contribution in [2.24, 2.45) is 0 Å². The summed E-state index contributed by atoms with van der Waals surface area (Å²) in [6, 6.07) is 9.94. The standard InChI is InChI=1S/C16H17ClN6O2S/c1-12-3-4-13(11-14(12)17)26(24,25)20-9-8-18-15-5-6-16(22-21-15)23-10-2-7-19-23/h2-7,10-11,20H,8-9H2,1H3,(H,18,21). The zero-order valence-corrected chi connectivity index (χ0v) is 15.5. The zero-order chi connectivity index (χ0) is 18.6. The summed E-state index contributed by atoms with van der Waals surface area (Å²) in [5.74, 6) is 1.14. The quantitative estimate of drug-likeness (QED) is 0.596. The highest BCUT2D eigenvalue weighted by Crippen LogP contribution is 2.19. The summed E-state index contributed by atoms with van der Waals surface area (Å²) in [5.41, 5.74) is 0.824. The first kappa shape index (κ1) is 18.3. The lowest BCUT2D eigenvalue weighted by atomic mass is 10.2. The van der Waals surface area contributed by atoms with Crippen molar-refractivity contribution in [2.75, 3.05) is 18.4 Å². The van der Waals surface area contributed by atoms with E-state index in [-0.39, 0.29) is 11.4 Å². The van der Waals surface area contributed by atoms with E-state index in [9.17, 15) is 8.42 Å². The van der Waals surface area contributed by atoms with Crippen molar-refractivity contribution < 1.29 is 8.42 Å². The van der Waals surface area contributed by atoms with Crippen LogP contribution in [-0.4, -0.2) is 41.5 Å². The number of nitrogens with zero attached hydrogens (tertiary/aromatic N) is 4. The van der Waals surface area contributed by atoms with Crippen LogP contribution >= 0.6 is 11.6 Å². The van der Waals surface area contributed by atoms with Crippen molar-refractivity contribution in [3.05, 3.63) is 59.4 Å². The second-order valence-electron chi connectivity index (χ2n) is 5.46. The molecule has 10 heteroatoms. The molecule has 0 spiro atoms. The fourth-order valence-corrected chi connectivity index (χ4v) is 3.45. The average Bonchev–Trinajstić information content (AvgIpc) is 3.16. The van der Waals surface area contributed by atoms with Gasteiger partial charge in [-0.05, 0) is 42.8 Å². The molecule has 0 atom stereocenters. The van der Waals surface area contributed by atoms with Gasteiger partial charge < -0.3 is 5.32 Å². The fourth-order valence-electron chi connectivity index (χ4n) is 2.15. The third kappa shape index (κ3) is 4.37. The van der Waals surface area contributed by atoms with Crippen LogP contribution in [0.4, 0.5) is 5.82 Å². The van der Waals surface area contributed by atoms with Crippen LogP contribution in [0.5, 0.6) is 0 Å². The summed E-state index contributed by atoms with van der Waals surface area (Å²) in [4.78, 5) is 0.136. The van der Waals surface area contributed by atoms with E-state index in [0.717, 1.165) is 5.56 Å². The van der Waals surface area contributed by atoms with Crippen LogP contribution in [0.3, 0.4) is 0 Å². The van der Waals surface area contributed by atoms with Gasteiger partial charge in [0.1, 0.15) is 5.82 Å². The van der Waals surface area contributed by atoms with Crippen molar-refractivity contribution in [3.63, 3.8) is 0 Å². The van der Waals surface area contributed by atoms with E-state index in [4.69, 9.17) is 11.6 Å². The smallest absolute Gasteiger partial charge is 0.240 e. The maximum atomic E-state index is 12.2. The number of hydrogen-bond acceptors (Lipinski definition) is 6. The van der Waals surface area contributed by atoms with Crippen molar-refractivity contribution in [1.82, 2.24) is 24.7 Å². The molecule has 2 aromatic heterocycles. The zero-order valence-electron chi connectivity index (χ0n) is 13.9. The minimum atomic E-state index is -3.61. The highest BCUT2D eigenvalue weighted by Gasteiger charge is 2.14. The third-order valence-corrected chi connectivity index (χ3v) is 5.43. The van der Waals surface area contributed by atoms with E-state index in [0.29, 0.717) is 23.2 Å². The molecule has 0 radical (unpaired) electrons. The Morgan fingerprint density at radius 1 is 1.15 bits per heavy atom. The first-order valence-corrected chi connectivity index (χ1v) is 9.65. The molecule has 0 bridgehead atoms. The summed E-state index contributed by atoms with van der Waals surface area (Å²) < 4.78 is 28.6. The van der Waals surface area contributed by atoms with E-state index in [1.165, 1.54) is 12.1 Å². The molecule has 0 aliphatic rings. The van der Waals surface area contributed by atoms with Gasteiger partial charge in [0.2, 0.25) is 10.0 Å². The predicted octanol–water partition coefficient (Wildman–Crippen LogP) is 2.01. The average molecular weight is 393 g/mol. The molecule has 0 amide bonds. The Morgan fingerprint density at radius 2 is 2.00 bits per heavy atom. The molecule has 136 valence electrons. The Morgan fingerprint density at radius 3 is 2.65 bits per heavy atom. The summed E-state index contributed by atoms with van der Waals surface area (Å²) in [7, 11) is -3.61. The number of hydrogen-bond donors (Lipinski definition) is 2. The lowest BCUT2D eigenvalue weighted by Gasteiger charge is -2.09. The summed E-state index contributed by atoms with van der Waals surface area (Å²) in [5, 5.41) is 15.6. The molecule has 3 aromatic rings. The highest BCUT2D eigenvalue weighted by atomic mass is 35.5. The monoisotopic (exact) mass is 392 g/mol. The number of aryl methyl sites for hydroxylation is 1. The maximum Gasteiger partial charge on any atom is 0.240 e. The molecule has 0 saturated carbocycles. The van der Waals surface area contributed by atoms with Gasteiger partial charge in [0, 0.05) is 30.5 Å². The first-order valence-electron chi connectivity index (χ1n) is 7.79. The molecule has 8 nitrogen and oxygen atoms in total. The summed E-state index contributed by atoms with van der Waals surface area (Å²) >= 11 is 5.99. The van der Waals surface area contributed by atoms with Gasteiger partial charge in [-0.1, -0.05) is 17.7 Å². The highest BCUT2D eigenvalue weighted by molar-refractivity contribution is 7.89. The van der Waals surface area contributed by atoms with Crippen molar-refractivity contribution in [1.29, 1.82) is 0 Å². The molecular weight excluding hydrogens is 376 g/mol. The number of nitrogens with one attached hydrogen (secondary N) is 2. The molecule has 0 aliphatic heterocycles. The minimum Gasteiger partial charge on any atom is -0.367 e. The third-order valence-electron chi connectivity index (χ3n) is 3.57. The molecule has 2 heterocycles. The molecule has 0 aliphatic carbocycles. The Bertz CT molecular complexity index is 974. The van der Waals surface area contributed by atoms with Crippen LogP contribution in [0, 0.1) is 6.92 Å². The Hall–Kier alpha value is -2.49. The van der Waals surface area contributed by atoms with Gasteiger partial charge in [0.25, 0.3) is 0 Å². The van der Waals surface area contributed by atoms with Gasteiger partial charge in [-0.2, -0.15) is 5.10 Å². The number of halogens is 1. The summed E-state index contributed by atoms with van der Waals surface area (Å²) in [6.45, 7) is 2.36. The van der Waals surface area contributed by atoms with E-state index >= 15 is 0 Å². The van der Waals surface area contributed by atoms with Gasteiger partial charge >= 0.3 is 0 Å². The predicted molar refractivity (Wildman–Crippen MR) is 99.0 cm³/mol. The molecule has 2 N–H and O–H groups in total. The lowest BCUT2D eigenvalue weighted by molar-refractivity contribution is 0.583. The Kier molecular flexibility index (Phi) is 5.50. The summed E-state index contributed by atoms with van der Waals surface area (Å²) in [6.07, 6.45) is 3.42. The van der Waals surface area contributed by atoms with E-state index in [1.54, 1.807) is 41.3 Å². The fraction of sp³-hybridized carbons (Fsp3) is 0.188. The molecule has 0 saturated heterocycles. The number of sulfonamides is 1. The Balaban J connectivity index is 1.52. The molecule has 3 rings (SSSR count). The number of aromatic nitrogens is 4. The van der Waals surface area contributed by atoms with Gasteiger partial charge in [0.15, 0.2) is 5.82 Å². The maximum absolute atomic E-state index is 12.2. The van der Waals surface area contributed by atoms with Crippen LogP contribution < -0.4 is 10.0 Å². The number of rotatable bonds is 7. The van der Waals surface area contributed by atoms with Gasteiger partial charge in [-0.3, -0.25) is 0 Å². The lowest BCUT2D eigenvalue weighted by Crippen LogP contribution is -2.29. The van der Waals surface area contributed by atoms with E-state index in [2.05, 4.69) is 25.3 Å². The SMILES string of the molecule is Cc1ccc(S(=O)(=O)NCCNc2ccc(-n3cccn3)nn2)cc1Cl. The normalized spacial score (nSPS) is 11.5. The van der Waals surface area contributed by atoms with Crippen molar-refractivity contribution in [2.45, 2.75) is 11.8 Å². The van der Waals surface area contributed by atoms with Gasteiger partial charge in [-0.15, -0.1) is 10.2 Å². The second-order valence-corrected chi connectivity index (χ2v) is 7.64. The van der Waals surface area contributed by atoms with Crippen molar-refractivity contribution in [3.8, 4) is 5.82 Å². The van der Waals surface area contributed by atoms with Crippen LogP contribution in [0.25, 0.3) is 5.82 Å². The van der Waals surface area contributed by atoms with E-state index < -0.39 is 10.0 Å². The number of anilines is 1. The molecule has 0 fully saturated rings. The molecular formula is C16H17ClN6O2S. The van der Waals surface area contributed by atoms with Gasteiger partial charge in [0.05, 0.1) is 4.90 Å². The molecule has 1 aromatic carbocycles. The Labute approximate surface area is 156 Å². The van der Waals surface area contributed by atoms with Crippen LogP contribution in [-0.2, 0) is 10.0 Å². The number of benzene rings is 1. The van der Waals surface area contributed by atoms with Crippen LogP contribution in [0.1, 0.15) is 5.56 Å². The van der Waals surface area contributed by atoms with Gasteiger partial charge in [-0.25, -0.2) is 17.8 Å². The van der Waals surface area contributed by atoms with Crippen molar-refractivity contribution >= 4 is 27.4 Å². The molecule has 0 unspecified atom stereocenters. The molecule has 26 heavy (non-hydrogen) atoms. The largest absolute Gasteiger partial charge is 0.367 e. The second kappa shape index (κ2) is 7.81. The van der Waals surface area contributed by atoms with Crippen LogP contribution in [0.15, 0.2) is 53.7 Å². The topological polar surface area (TPSA) is 102 Å². The minimum absolute atomic E-state index is 0.136.